The third kappa shape index (κ3) is 37.3. The number of hydrogen-bond acceptors (Lipinski definition) is 1. The van der Waals surface area contributed by atoms with Crippen molar-refractivity contribution >= 4 is 5.97 Å². The van der Waals surface area contributed by atoms with E-state index in [2.05, 4.69) is 13.5 Å². The molecule has 0 aromatic heterocycles. The Morgan fingerprint density at radius 3 is 0.674 bits per heavy atom. The zero-order chi connectivity index (χ0) is 31.3. The second kappa shape index (κ2) is 37.4. The van der Waals surface area contributed by atoms with Gasteiger partial charge in [0.25, 0.3) is 0 Å². The fourth-order valence-electron chi connectivity index (χ4n) is 6.53. The lowest BCUT2D eigenvalue weighted by atomic mass is 10.0. The van der Waals surface area contributed by atoms with Crippen LogP contribution in [-0.2, 0) is 4.79 Å². The maximum atomic E-state index is 10.7. The molecule has 0 spiro atoms. The van der Waals surface area contributed by atoms with Crippen LogP contribution in [0.4, 0.5) is 0 Å². The summed E-state index contributed by atoms with van der Waals surface area (Å²) in [5, 5.41) is 8.81. The van der Waals surface area contributed by atoms with Crippen LogP contribution in [0.5, 0.6) is 0 Å². The molecule has 0 unspecified atom stereocenters. The van der Waals surface area contributed by atoms with E-state index in [1.807, 2.05) is 0 Å². The smallest absolute Gasteiger partial charge is 0.330 e. The van der Waals surface area contributed by atoms with Gasteiger partial charge in [0.15, 0.2) is 0 Å². The van der Waals surface area contributed by atoms with Crippen LogP contribution in [0.1, 0.15) is 244 Å². The van der Waals surface area contributed by atoms with Gasteiger partial charge in [0.05, 0.1) is 0 Å². The van der Waals surface area contributed by atoms with E-state index in [1.165, 1.54) is 218 Å². The first-order valence-electron chi connectivity index (χ1n) is 20.1. The molecule has 0 aliphatic heterocycles. The minimum atomic E-state index is -0.837. The van der Waals surface area contributed by atoms with Crippen molar-refractivity contribution in [3.8, 4) is 0 Å². The third-order valence-electron chi connectivity index (χ3n) is 9.63. The molecule has 0 atom stereocenters. The van der Waals surface area contributed by atoms with Crippen molar-refractivity contribution in [2.24, 2.45) is 0 Å². The van der Waals surface area contributed by atoms with Crippen molar-refractivity contribution < 1.29 is 9.90 Å². The summed E-state index contributed by atoms with van der Waals surface area (Å²) < 4.78 is 0. The monoisotopic (exact) mass is 605 g/mol. The van der Waals surface area contributed by atoms with Crippen LogP contribution in [-0.4, -0.2) is 11.1 Å². The number of aliphatic carboxylic acids is 1. The highest BCUT2D eigenvalue weighted by atomic mass is 16.4. The number of unbranched alkanes of at least 4 members (excludes halogenated alkanes) is 35. The molecule has 0 aliphatic rings. The quantitative estimate of drug-likeness (QED) is 0.0562. The van der Waals surface area contributed by atoms with Gasteiger partial charge in [-0.3, -0.25) is 0 Å². The lowest BCUT2D eigenvalue weighted by Gasteiger charge is -2.05. The average molecular weight is 605 g/mol. The predicted molar refractivity (Wildman–Crippen MR) is 193 cm³/mol. The highest BCUT2D eigenvalue weighted by molar-refractivity contribution is 5.85. The van der Waals surface area contributed by atoms with Gasteiger partial charge in [-0.1, -0.05) is 238 Å². The summed E-state index contributed by atoms with van der Waals surface area (Å²) in [5.74, 6) is -0.837. The second-order valence-electron chi connectivity index (χ2n) is 14.0. The van der Waals surface area contributed by atoms with Crippen LogP contribution in [0.15, 0.2) is 12.2 Å². The van der Waals surface area contributed by atoms with Crippen molar-refractivity contribution in [1.82, 2.24) is 0 Å². The summed E-state index contributed by atoms with van der Waals surface area (Å²) >= 11 is 0. The van der Waals surface area contributed by atoms with E-state index < -0.39 is 5.97 Å². The first-order chi connectivity index (χ1) is 21.2. The van der Waals surface area contributed by atoms with Crippen LogP contribution >= 0.6 is 0 Å². The van der Waals surface area contributed by atoms with E-state index in [-0.39, 0.29) is 0 Å². The molecular formula is C41H80O2. The largest absolute Gasteiger partial charge is 0.478 e. The maximum Gasteiger partial charge on any atom is 0.330 e. The van der Waals surface area contributed by atoms with E-state index in [0.29, 0.717) is 12.0 Å². The van der Waals surface area contributed by atoms with E-state index in [4.69, 9.17) is 5.11 Å². The molecular weight excluding hydrogens is 524 g/mol. The van der Waals surface area contributed by atoms with Gasteiger partial charge in [0.1, 0.15) is 0 Å². The highest BCUT2D eigenvalue weighted by Gasteiger charge is 2.02. The molecule has 0 radical (unpaired) electrons. The van der Waals surface area contributed by atoms with Gasteiger partial charge in [0.2, 0.25) is 0 Å². The third-order valence-corrected chi connectivity index (χ3v) is 9.63. The normalized spacial score (nSPS) is 11.4. The highest BCUT2D eigenvalue weighted by Crippen LogP contribution is 2.17. The summed E-state index contributed by atoms with van der Waals surface area (Å²) in [6.45, 7) is 5.90. The maximum absolute atomic E-state index is 10.7. The van der Waals surface area contributed by atoms with E-state index in [0.717, 1.165) is 12.8 Å². The summed E-state index contributed by atoms with van der Waals surface area (Å²) in [6.07, 6.45) is 51.9. The number of hydrogen-bond donors (Lipinski definition) is 1. The molecule has 0 heterocycles. The Morgan fingerprint density at radius 2 is 0.512 bits per heavy atom. The van der Waals surface area contributed by atoms with Crippen LogP contribution < -0.4 is 0 Å². The summed E-state index contributed by atoms with van der Waals surface area (Å²) in [4.78, 5) is 10.7. The zero-order valence-electron chi connectivity index (χ0n) is 29.7. The molecule has 1 N–H and O–H groups in total. The predicted octanol–water partition coefficient (Wildman–Crippen LogP) is 15.1. The molecule has 0 aliphatic carbocycles. The molecule has 2 nitrogen and oxygen atoms in total. The molecule has 0 saturated heterocycles. The van der Waals surface area contributed by atoms with Gasteiger partial charge in [0, 0.05) is 5.57 Å². The number of rotatable bonds is 38. The summed E-state index contributed by atoms with van der Waals surface area (Å²) in [6, 6.07) is 0. The van der Waals surface area contributed by atoms with Gasteiger partial charge >= 0.3 is 5.97 Å². The average Bonchev–Trinajstić information content (AvgIpc) is 3.00. The molecule has 0 fully saturated rings. The van der Waals surface area contributed by atoms with Crippen molar-refractivity contribution in [3.05, 3.63) is 12.2 Å². The van der Waals surface area contributed by atoms with Crippen LogP contribution in [0.2, 0.25) is 0 Å². The summed E-state index contributed by atoms with van der Waals surface area (Å²) in [7, 11) is 0. The van der Waals surface area contributed by atoms with Crippen LogP contribution in [0.25, 0.3) is 0 Å². The van der Waals surface area contributed by atoms with Crippen molar-refractivity contribution in [2.45, 2.75) is 244 Å². The minimum absolute atomic E-state index is 0.362. The standard InChI is InChI=1S/C41H80O2/c1-3-4-5-6-7-8-9-10-11-12-13-14-15-16-17-18-19-20-21-22-23-24-25-26-27-28-29-30-31-32-33-34-35-36-37-38-39-40(2)41(42)43/h2-39H2,1H3,(H,42,43). The molecule has 0 aromatic carbocycles. The molecule has 43 heavy (non-hydrogen) atoms. The Balaban J connectivity index is 3.06. The Labute approximate surface area is 272 Å². The van der Waals surface area contributed by atoms with E-state index >= 15 is 0 Å². The lowest BCUT2D eigenvalue weighted by molar-refractivity contribution is -0.132. The van der Waals surface area contributed by atoms with Crippen molar-refractivity contribution in [1.29, 1.82) is 0 Å². The molecule has 0 aromatic rings. The van der Waals surface area contributed by atoms with Gasteiger partial charge < -0.3 is 5.11 Å². The topological polar surface area (TPSA) is 37.3 Å². The van der Waals surface area contributed by atoms with Gasteiger partial charge in [-0.15, -0.1) is 0 Å². The van der Waals surface area contributed by atoms with E-state index in [1.54, 1.807) is 0 Å². The molecule has 256 valence electrons. The molecule has 0 saturated carbocycles. The summed E-state index contributed by atoms with van der Waals surface area (Å²) in [5.41, 5.74) is 0.362. The van der Waals surface area contributed by atoms with E-state index in [9.17, 15) is 4.79 Å². The Bertz CT molecular complexity index is 554. The van der Waals surface area contributed by atoms with Gasteiger partial charge in [-0.05, 0) is 12.8 Å². The first kappa shape index (κ1) is 42.2. The van der Waals surface area contributed by atoms with Crippen LogP contribution in [0, 0.1) is 0 Å². The number of carboxylic acid groups (broad SMARTS) is 1. The number of carbonyl (C=O) groups is 1. The molecule has 0 bridgehead atoms. The molecule has 0 rings (SSSR count). The minimum Gasteiger partial charge on any atom is -0.478 e. The van der Waals surface area contributed by atoms with Crippen LogP contribution in [0.3, 0.4) is 0 Å². The molecule has 0 amide bonds. The fraction of sp³-hybridized carbons (Fsp3) is 0.927. The van der Waals surface area contributed by atoms with Crippen molar-refractivity contribution in [2.75, 3.05) is 0 Å². The lowest BCUT2D eigenvalue weighted by Crippen LogP contribution is -1.98. The van der Waals surface area contributed by atoms with Gasteiger partial charge in [-0.2, -0.15) is 0 Å². The SMILES string of the molecule is C=C(CCCCCCCCCCCCCCCCCCCCCCCCCCCCCCCCCCCCCC)C(=O)O. The Kier molecular flexibility index (Phi) is 36.7. The van der Waals surface area contributed by atoms with Gasteiger partial charge in [-0.25, -0.2) is 4.79 Å². The Morgan fingerprint density at radius 1 is 0.349 bits per heavy atom. The first-order valence-corrected chi connectivity index (χ1v) is 20.1. The second-order valence-corrected chi connectivity index (χ2v) is 14.0. The van der Waals surface area contributed by atoms with Crippen molar-refractivity contribution in [3.63, 3.8) is 0 Å². The number of carboxylic acids is 1. The fourth-order valence-corrected chi connectivity index (χ4v) is 6.53. The molecule has 2 heteroatoms. The Hall–Kier alpha value is -0.790. The zero-order valence-corrected chi connectivity index (χ0v) is 29.7.